The molecule has 0 aromatic rings. The molecular formula is C12H20O4. The lowest BCUT2D eigenvalue weighted by Gasteiger charge is -2.23. The minimum absolute atomic E-state index is 0.213. The van der Waals surface area contributed by atoms with Gasteiger partial charge in [-0.3, -0.25) is 4.79 Å². The summed E-state index contributed by atoms with van der Waals surface area (Å²) in [6.45, 7) is 5.12. The van der Waals surface area contributed by atoms with Gasteiger partial charge in [0, 0.05) is 0 Å². The van der Waals surface area contributed by atoms with Crippen LogP contribution in [0.4, 0.5) is 0 Å². The van der Waals surface area contributed by atoms with E-state index in [0.29, 0.717) is 0 Å². The first-order valence-corrected chi connectivity index (χ1v) is 5.81. The Balaban J connectivity index is 2.28. The number of rotatable bonds is 4. The van der Waals surface area contributed by atoms with Gasteiger partial charge in [0.2, 0.25) is 0 Å². The zero-order chi connectivity index (χ0) is 12.2. The molecule has 0 bridgehead atoms. The van der Waals surface area contributed by atoms with Crippen LogP contribution in [-0.4, -0.2) is 24.1 Å². The Hall–Kier alpha value is -1.06. The molecule has 0 aromatic carbocycles. The first-order valence-electron chi connectivity index (χ1n) is 5.81. The summed E-state index contributed by atoms with van der Waals surface area (Å²) in [5.74, 6) is -1.03. The van der Waals surface area contributed by atoms with Gasteiger partial charge in [0.25, 0.3) is 0 Å². The first-order chi connectivity index (χ1) is 7.43. The summed E-state index contributed by atoms with van der Waals surface area (Å²) in [6, 6.07) is 0. The lowest BCUT2D eigenvalue weighted by molar-refractivity contribution is -0.169. The zero-order valence-electron chi connectivity index (χ0n) is 10.2. The Morgan fingerprint density at radius 1 is 1.25 bits per heavy atom. The fraction of sp³-hybridized carbons (Fsp3) is 0.833. The van der Waals surface area contributed by atoms with Gasteiger partial charge in [0.1, 0.15) is 5.60 Å². The molecule has 0 N–H and O–H groups in total. The van der Waals surface area contributed by atoms with E-state index >= 15 is 0 Å². The van der Waals surface area contributed by atoms with Crippen LogP contribution in [0.5, 0.6) is 0 Å². The van der Waals surface area contributed by atoms with Crippen LogP contribution < -0.4 is 0 Å². The SMILES string of the molecule is CC(C)C(=O)OCC(=O)OC1(C)CCCC1. The van der Waals surface area contributed by atoms with E-state index in [-0.39, 0.29) is 24.1 Å². The molecule has 92 valence electrons. The summed E-state index contributed by atoms with van der Waals surface area (Å²) in [5.41, 5.74) is -0.346. The highest BCUT2D eigenvalue weighted by Crippen LogP contribution is 2.32. The van der Waals surface area contributed by atoms with E-state index in [9.17, 15) is 9.59 Å². The van der Waals surface area contributed by atoms with Crippen LogP contribution in [-0.2, 0) is 19.1 Å². The van der Waals surface area contributed by atoms with Crippen LogP contribution in [0.25, 0.3) is 0 Å². The fourth-order valence-corrected chi connectivity index (χ4v) is 1.83. The highest BCUT2D eigenvalue weighted by molar-refractivity contribution is 5.77. The lowest BCUT2D eigenvalue weighted by atomic mass is 10.1. The number of carbonyl (C=O) groups excluding carboxylic acids is 2. The maximum Gasteiger partial charge on any atom is 0.344 e. The molecule has 0 aromatic heterocycles. The molecule has 4 nitrogen and oxygen atoms in total. The summed E-state index contributed by atoms with van der Waals surface area (Å²) in [7, 11) is 0. The topological polar surface area (TPSA) is 52.6 Å². The van der Waals surface area contributed by atoms with Crippen LogP contribution in [0, 0.1) is 5.92 Å². The number of hydrogen-bond acceptors (Lipinski definition) is 4. The van der Waals surface area contributed by atoms with Gasteiger partial charge in [0.05, 0.1) is 5.92 Å². The second-order valence-electron chi connectivity index (χ2n) is 4.89. The molecule has 0 heterocycles. The molecule has 1 fully saturated rings. The van der Waals surface area contributed by atoms with Gasteiger partial charge in [-0.2, -0.15) is 0 Å². The summed E-state index contributed by atoms with van der Waals surface area (Å²) >= 11 is 0. The van der Waals surface area contributed by atoms with Crippen molar-refractivity contribution in [3.8, 4) is 0 Å². The largest absolute Gasteiger partial charge is 0.457 e. The van der Waals surface area contributed by atoms with Crippen molar-refractivity contribution in [1.29, 1.82) is 0 Å². The molecule has 1 aliphatic carbocycles. The maximum absolute atomic E-state index is 11.4. The van der Waals surface area contributed by atoms with Crippen LogP contribution in [0.15, 0.2) is 0 Å². The van der Waals surface area contributed by atoms with E-state index in [2.05, 4.69) is 0 Å². The minimum Gasteiger partial charge on any atom is -0.457 e. The Bertz CT molecular complexity index is 264. The summed E-state index contributed by atoms with van der Waals surface area (Å²) in [6.07, 6.45) is 3.98. The van der Waals surface area contributed by atoms with Crippen molar-refractivity contribution in [3.05, 3.63) is 0 Å². The van der Waals surface area contributed by atoms with Crippen molar-refractivity contribution in [2.75, 3.05) is 6.61 Å². The minimum atomic E-state index is -0.446. The molecule has 0 unspecified atom stereocenters. The predicted molar refractivity (Wildman–Crippen MR) is 58.8 cm³/mol. The highest BCUT2D eigenvalue weighted by Gasteiger charge is 2.32. The van der Waals surface area contributed by atoms with Gasteiger partial charge in [0.15, 0.2) is 6.61 Å². The molecule has 4 heteroatoms. The quantitative estimate of drug-likeness (QED) is 0.691. The van der Waals surface area contributed by atoms with E-state index in [4.69, 9.17) is 9.47 Å². The summed E-state index contributed by atoms with van der Waals surface area (Å²) in [5, 5.41) is 0. The number of hydrogen-bond donors (Lipinski definition) is 0. The van der Waals surface area contributed by atoms with Crippen molar-refractivity contribution in [2.45, 2.75) is 52.1 Å². The predicted octanol–water partition coefficient (Wildman–Crippen LogP) is 2.06. The average molecular weight is 228 g/mol. The van der Waals surface area contributed by atoms with Gasteiger partial charge >= 0.3 is 11.9 Å². The van der Waals surface area contributed by atoms with Gasteiger partial charge in [-0.15, -0.1) is 0 Å². The summed E-state index contributed by atoms with van der Waals surface area (Å²) < 4.78 is 10.1. The normalized spacial score (nSPS) is 18.5. The molecule has 1 rings (SSSR count). The second kappa shape index (κ2) is 5.32. The lowest BCUT2D eigenvalue weighted by Crippen LogP contribution is -2.31. The van der Waals surface area contributed by atoms with E-state index in [0.717, 1.165) is 25.7 Å². The smallest absolute Gasteiger partial charge is 0.344 e. The highest BCUT2D eigenvalue weighted by atomic mass is 16.6. The third-order valence-corrected chi connectivity index (χ3v) is 2.83. The van der Waals surface area contributed by atoms with Crippen LogP contribution in [0.3, 0.4) is 0 Å². The van der Waals surface area contributed by atoms with Crippen molar-refractivity contribution in [1.82, 2.24) is 0 Å². The molecule has 1 saturated carbocycles. The molecule has 0 aliphatic heterocycles. The van der Waals surface area contributed by atoms with E-state index in [1.54, 1.807) is 13.8 Å². The van der Waals surface area contributed by atoms with Crippen LogP contribution in [0.2, 0.25) is 0 Å². The third-order valence-electron chi connectivity index (χ3n) is 2.83. The van der Waals surface area contributed by atoms with E-state index in [1.165, 1.54) is 0 Å². The Labute approximate surface area is 96.3 Å². The van der Waals surface area contributed by atoms with Crippen molar-refractivity contribution in [2.24, 2.45) is 5.92 Å². The Morgan fingerprint density at radius 3 is 2.31 bits per heavy atom. The molecule has 16 heavy (non-hydrogen) atoms. The third kappa shape index (κ3) is 3.83. The molecule has 0 atom stereocenters. The Morgan fingerprint density at radius 2 is 1.81 bits per heavy atom. The first kappa shape index (κ1) is 13.0. The number of ether oxygens (including phenoxy) is 2. The molecule has 0 radical (unpaired) electrons. The van der Waals surface area contributed by atoms with Crippen molar-refractivity contribution >= 4 is 11.9 Å². The van der Waals surface area contributed by atoms with Crippen molar-refractivity contribution in [3.63, 3.8) is 0 Å². The molecule has 0 spiro atoms. The van der Waals surface area contributed by atoms with Crippen molar-refractivity contribution < 1.29 is 19.1 Å². The molecular weight excluding hydrogens is 208 g/mol. The van der Waals surface area contributed by atoms with Gasteiger partial charge < -0.3 is 9.47 Å². The number of carbonyl (C=O) groups is 2. The zero-order valence-corrected chi connectivity index (χ0v) is 10.2. The average Bonchev–Trinajstić information content (AvgIpc) is 2.60. The Kier molecular flexibility index (Phi) is 4.33. The van der Waals surface area contributed by atoms with Crippen LogP contribution >= 0.6 is 0 Å². The fourth-order valence-electron chi connectivity index (χ4n) is 1.83. The van der Waals surface area contributed by atoms with Crippen LogP contribution in [0.1, 0.15) is 46.5 Å². The molecule has 0 amide bonds. The van der Waals surface area contributed by atoms with E-state index < -0.39 is 5.97 Å². The summed E-state index contributed by atoms with van der Waals surface area (Å²) in [4.78, 5) is 22.6. The monoisotopic (exact) mass is 228 g/mol. The van der Waals surface area contributed by atoms with E-state index in [1.807, 2.05) is 6.92 Å². The maximum atomic E-state index is 11.4. The standard InChI is InChI=1S/C12H20O4/c1-9(2)11(14)15-8-10(13)16-12(3)6-4-5-7-12/h9H,4-8H2,1-3H3. The molecule has 1 aliphatic rings. The molecule has 0 saturated heterocycles. The van der Waals surface area contributed by atoms with Gasteiger partial charge in [-0.05, 0) is 32.6 Å². The second-order valence-corrected chi connectivity index (χ2v) is 4.89. The van der Waals surface area contributed by atoms with Gasteiger partial charge in [-0.25, -0.2) is 4.79 Å². The van der Waals surface area contributed by atoms with Gasteiger partial charge in [-0.1, -0.05) is 13.8 Å². The number of esters is 2.